The predicted molar refractivity (Wildman–Crippen MR) is 168 cm³/mol. The highest BCUT2D eigenvalue weighted by molar-refractivity contribution is 9.12. The largest absolute Gasteiger partial charge is 0.423 e. The van der Waals surface area contributed by atoms with Crippen LogP contribution in [-0.4, -0.2) is 55.7 Å². The second-order valence-corrected chi connectivity index (χ2v) is 14.1. The lowest BCUT2D eigenvalue weighted by Gasteiger charge is -2.31. The first-order chi connectivity index (χ1) is 20.6. The highest BCUT2D eigenvalue weighted by Crippen LogP contribution is 2.60. The maximum Gasteiger partial charge on any atom is 0.343 e. The maximum atomic E-state index is 13.8. The van der Waals surface area contributed by atoms with Gasteiger partial charge in [0.15, 0.2) is 5.78 Å². The number of ether oxygens (including phenoxy) is 1. The van der Waals surface area contributed by atoms with Gasteiger partial charge in [-0.15, -0.1) is 0 Å². The van der Waals surface area contributed by atoms with Gasteiger partial charge in [0.1, 0.15) is 12.3 Å². The Hall–Kier alpha value is -2.86. The molecular weight excluding hydrogens is 772 g/mol. The summed E-state index contributed by atoms with van der Waals surface area (Å²) < 4.78 is 6.23. The fourth-order valence-corrected chi connectivity index (χ4v) is 8.62. The van der Waals surface area contributed by atoms with E-state index in [4.69, 9.17) is 16.3 Å². The van der Waals surface area contributed by atoms with Gasteiger partial charge in [-0.25, -0.2) is 9.80 Å². The van der Waals surface area contributed by atoms with Crippen LogP contribution in [0.4, 0.5) is 0 Å². The average Bonchev–Trinajstić information content (AvgIpc) is 3.61. The standard InChI is InChI=1S/C31H22Br3ClN2O6/c32-17-9-5-16(6-10-17)31(42)43-18-11-7-15(8-12-18)23(38)14-36(28(39)19-3-1-2-4-22(19)35)37-29(40)24-20-13-21(25(24)30(37)41)27(34)26(20)33/h1-12,20-21,24-27H,13-14H2/t20-,21-,24-,25+,26-,27+/m1/s1. The third kappa shape index (κ3) is 5.38. The van der Waals surface area contributed by atoms with E-state index in [1.165, 1.54) is 36.4 Å². The number of fused-ring (bicyclic) bond motifs is 5. The Bertz CT molecular complexity index is 1620. The van der Waals surface area contributed by atoms with Gasteiger partial charge in [0.2, 0.25) is 0 Å². The molecule has 0 radical (unpaired) electrons. The zero-order chi connectivity index (χ0) is 30.6. The second-order valence-electron chi connectivity index (χ2n) is 10.7. The van der Waals surface area contributed by atoms with E-state index in [1.54, 1.807) is 36.4 Å². The van der Waals surface area contributed by atoms with Crippen LogP contribution in [0.25, 0.3) is 0 Å². The Labute approximate surface area is 277 Å². The van der Waals surface area contributed by atoms with Crippen LogP contribution in [0, 0.1) is 23.7 Å². The van der Waals surface area contributed by atoms with Crippen LogP contribution >= 0.6 is 59.4 Å². The van der Waals surface area contributed by atoms with Crippen LogP contribution in [-0.2, 0) is 9.59 Å². The van der Waals surface area contributed by atoms with Crippen molar-refractivity contribution < 1.29 is 28.7 Å². The Morgan fingerprint density at radius 2 is 1.40 bits per heavy atom. The second kappa shape index (κ2) is 11.9. The SMILES string of the molecule is O=C(CN(C(=O)c1ccccc1Cl)N1C(=O)[C@@H]2[C@H]3C[C@@H]([C@H](Br)[C@@H]3Br)[C@@H]2C1=O)c1ccc(OC(=O)c2ccc(Br)cc2)cc1. The van der Waals surface area contributed by atoms with Crippen LogP contribution in [0.2, 0.25) is 5.02 Å². The summed E-state index contributed by atoms with van der Waals surface area (Å²) in [5.74, 6) is -3.88. The molecular formula is C31H22Br3ClN2O6. The molecule has 0 aromatic heterocycles. The van der Waals surface area contributed by atoms with Gasteiger partial charge in [0.05, 0.1) is 28.0 Å². The van der Waals surface area contributed by atoms with Gasteiger partial charge >= 0.3 is 5.97 Å². The molecule has 0 spiro atoms. The number of benzene rings is 3. The highest BCUT2D eigenvalue weighted by Gasteiger charge is 2.67. The minimum absolute atomic E-state index is 0.0150. The lowest BCUT2D eigenvalue weighted by atomic mass is 9.81. The smallest absolute Gasteiger partial charge is 0.343 e. The van der Waals surface area contributed by atoms with Crippen molar-refractivity contribution in [2.75, 3.05) is 6.54 Å². The molecule has 6 atom stereocenters. The Morgan fingerprint density at radius 1 is 0.837 bits per heavy atom. The van der Waals surface area contributed by atoms with Gasteiger partial charge < -0.3 is 4.74 Å². The number of hydrazine groups is 1. The summed E-state index contributed by atoms with van der Waals surface area (Å²) in [4.78, 5) is 67.4. The number of ketones is 1. The first-order valence-electron chi connectivity index (χ1n) is 13.4. The molecule has 2 saturated carbocycles. The van der Waals surface area contributed by atoms with Crippen molar-refractivity contribution in [1.29, 1.82) is 0 Å². The zero-order valence-electron chi connectivity index (χ0n) is 22.2. The predicted octanol–water partition coefficient (Wildman–Crippen LogP) is 6.34. The number of rotatable bonds is 7. The van der Waals surface area contributed by atoms with Crippen molar-refractivity contribution in [2.45, 2.75) is 16.1 Å². The van der Waals surface area contributed by atoms with Crippen LogP contribution < -0.4 is 4.74 Å². The molecule has 8 nitrogen and oxygen atoms in total. The van der Waals surface area contributed by atoms with E-state index in [0.29, 0.717) is 5.56 Å². The molecule has 3 amide bonds. The normalized spacial score (nSPS) is 25.5. The van der Waals surface area contributed by atoms with Crippen molar-refractivity contribution in [3.05, 3.63) is 99.0 Å². The van der Waals surface area contributed by atoms with Gasteiger partial charge in [-0.1, -0.05) is 71.5 Å². The number of amides is 3. The van der Waals surface area contributed by atoms with Crippen molar-refractivity contribution >= 4 is 88.9 Å². The monoisotopic (exact) mass is 790 g/mol. The molecule has 2 aliphatic carbocycles. The Balaban J connectivity index is 1.25. The van der Waals surface area contributed by atoms with E-state index >= 15 is 0 Å². The number of hydrogen-bond acceptors (Lipinski definition) is 6. The van der Waals surface area contributed by atoms with Gasteiger partial charge in [0.25, 0.3) is 17.7 Å². The number of carbonyl (C=O) groups is 5. The van der Waals surface area contributed by atoms with E-state index in [-0.39, 0.29) is 43.4 Å². The number of nitrogens with zero attached hydrogens (tertiary/aromatic N) is 2. The van der Waals surface area contributed by atoms with E-state index in [9.17, 15) is 24.0 Å². The molecule has 43 heavy (non-hydrogen) atoms. The molecule has 1 heterocycles. The van der Waals surface area contributed by atoms with E-state index < -0.39 is 47.9 Å². The third-order valence-electron chi connectivity index (χ3n) is 8.30. The van der Waals surface area contributed by atoms with Gasteiger partial charge in [-0.2, -0.15) is 5.01 Å². The van der Waals surface area contributed by atoms with Crippen molar-refractivity contribution in [1.82, 2.24) is 10.0 Å². The number of carbonyl (C=O) groups excluding carboxylic acids is 5. The topological polar surface area (TPSA) is 101 Å². The van der Waals surface area contributed by atoms with Crippen molar-refractivity contribution in [3.8, 4) is 5.75 Å². The van der Waals surface area contributed by atoms with Crippen LogP contribution in [0.15, 0.2) is 77.3 Å². The lowest BCUT2D eigenvalue weighted by molar-refractivity contribution is -0.154. The first-order valence-corrected chi connectivity index (χ1v) is 16.4. The summed E-state index contributed by atoms with van der Waals surface area (Å²) in [6, 6.07) is 18.8. The molecule has 220 valence electrons. The zero-order valence-corrected chi connectivity index (χ0v) is 27.7. The molecule has 1 aliphatic heterocycles. The van der Waals surface area contributed by atoms with Crippen LogP contribution in [0.1, 0.15) is 37.5 Å². The van der Waals surface area contributed by atoms with Crippen molar-refractivity contribution in [2.24, 2.45) is 23.7 Å². The number of hydrogen-bond donors (Lipinski definition) is 0. The fourth-order valence-electron chi connectivity index (χ4n) is 6.27. The van der Waals surface area contributed by atoms with Gasteiger partial charge in [-0.05, 0) is 78.9 Å². The summed E-state index contributed by atoms with van der Waals surface area (Å²) in [5, 5.41) is 1.90. The molecule has 3 fully saturated rings. The van der Waals surface area contributed by atoms with Gasteiger partial charge in [0, 0.05) is 19.7 Å². The summed E-state index contributed by atoms with van der Waals surface area (Å²) in [5.41, 5.74) is 0.609. The molecule has 0 N–H and O–H groups in total. The van der Waals surface area contributed by atoms with Crippen LogP contribution in [0.3, 0.4) is 0 Å². The maximum absolute atomic E-state index is 13.8. The molecule has 12 heteroatoms. The number of imide groups is 1. The molecule has 1 saturated heterocycles. The minimum Gasteiger partial charge on any atom is -0.423 e. The number of Topliss-reactive ketones (excluding diaryl/α,β-unsaturated/α-hetero) is 1. The number of halogens is 4. The molecule has 3 aliphatic rings. The van der Waals surface area contributed by atoms with Crippen LogP contribution in [0.5, 0.6) is 5.75 Å². The fraction of sp³-hybridized carbons (Fsp3) is 0.258. The third-order valence-corrected chi connectivity index (χ3v) is 12.4. The minimum atomic E-state index is -0.737. The molecule has 3 aromatic carbocycles. The summed E-state index contributed by atoms with van der Waals surface area (Å²) in [6.07, 6.45) is 0.725. The van der Waals surface area contributed by atoms with E-state index in [0.717, 1.165) is 20.9 Å². The van der Waals surface area contributed by atoms with Gasteiger partial charge in [-0.3, -0.25) is 19.2 Å². The first kappa shape index (κ1) is 30.2. The van der Waals surface area contributed by atoms with E-state index in [2.05, 4.69) is 47.8 Å². The summed E-state index contributed by atoms with van der Waals surface area (Å²) in [6.45, 7) is -0.580. The molecule has 6 rings (SSSR count). The highest BCUT2D eigenvalue weighted by atomic mass is 79.9. The number of esters is 1. The summed E-state index contributed by atoms with van der Waals surface area (Å²) >= 11 is 17.0. The van der Waals surface area contributed by atoms with E-state index in [1.807, 2.05) is 0 Å². The molecule has 3 aromatic rings. The quantitative estimate of drug-likeness (QED) is 0.0911. The Kier molecular flexibility index (Phi) is 8.36. The average molecular weight is 794 g/mol. The molecule has 2 bridgehead atoms. The lowest BCUT2D eigenvalue weighted by Crippen LogP contribution is -2.52. The van der Waals surface area contributed by atoms with Crippen molar-refractivity contribution in [3.63, 3.8) is 0 Å². The summed E-state index contributed by atoms with van der Waals surface area (Å²) in [7, 11) is 0. The number of alkyl halides is 2. The molecule has 0 unspecified atom stereocenters. The Morgan fingerprint density at radius 3 is 1.98 bits per heavy atom.